The van der Waals surface area contributed by atoms with E-state index in [0.717, 1.165) is 11.4 Å². The van der Waals surface area contributed by atoms with Gasteiger partial charge in [0.2, 0.25) is 5.91 Å². The number of terminal acetylenes is 1. The molecule has 1 fully saturated rings. The average Bonchev–Trinajstić information content (AvgIpc) is 2.49. The van der Waals surface area contributed by atoms with Gasteiger partial charge in [-0.15, -0.1) is 12.3 Å². The van der Waals surface area contributed by atoms with Crippen LogP contribution in [-0.2, 0) is 4.79 Å². The Hall–Kier alpha value is -2.47. The molecule has 3 heteroatoms. The lowest BCUT2D eigenvalue weighted by atomic mass is 9.84. The highest BCUT2D eigenvalue weighted by Crippen LogP contribution is 2.35. The second-order valence-corrected chi connectivity index (χ2v) is 4.53. The number of amides is 1. The number of carbonyl (C=O) groups excluding carboxylic acids is 1. The van der Waals surface area contributed by atoms with E-state index in [1.54, 1.807) is 18.1 Å². The molecule has 0 N–H and O–H groups in total. The third-order valence-electron chi connectivity index (χ3n) is 3.40. The van der Waals surface area contributed by atoms with E-state index in [9.17, 15) is 4.79 Å². The molecule has 1 aromatic rings. The summed E-state index contributed by atoms with van der Waals surface area (Å²) in [7, 11) is 1.61. The molecular formula is C17H17NO2. The average molecular weight is 267 g/mol. The smallest absolute Gasteiger partial charge is 0.234 e. The highest BCUT2D eigenvalue weighted by molar-refractivity contribution is 6.03. The number of hydrogen-bond donors (Lipinski definition) is 0. The van der Waals surface area contributed by atoms with Crippen molar-refractivity contribution >= 4 is 11.6 Å². The number of ether oxygens (including phenoxy) is 1. The van der Waals surface area contributed by atoms with Gasteiger partial charge >= 0.3 is 0 Å². The number of hydrogen-bond acceptors (Lipinski definition) is 2. The molecular weight excluding hydrogens is 250 g/mol. The van der Waals surface area contributed by atoms with Gasteiger partial charge in [0.05, 0.1) is 19.1 Å². The van der Waals surface area contributed by atoms with E-state index in [2.05, 4.69) is 12.5 Å². The van der Waals surface area contributed by atoms with E-state index in [1.807, 2.05) is 36.4 Å². The fourth-order valence-electron chi connectivity index (χ4n) is 2.36. The summed E-state index contributed by atoms with van der Waals surface area (Å²) in [6.07, 6.45) is 11.3. The molecule has 0 spiro atoms. The van der Waals surface area contributed by atoms with Gasteiger partial charge in [0.1, 0.15) is 5.75 Å². The summed E-state index contributed by atoms with van der Waals surface area (Å²) in [5, 5.41) is 0. The summed E-state index contributed by atoms with van der Waals surface area (Å²) in [5.74, 6) is 3.25. The van der Waals surface area contributed by atoms with Crippen LogP contribution < -0.4 is 9.64 Å². The molecule has 0 unspecified atom stereocenters. The minimum atomic E-state index is -0.140. The second kappa shape index (κ2) is 6.12. The molecule has 102 valence electrons. The second-order valence-electron chi connectivity index (χ2n) is 4.53. The highest BCUT2D eigenvalue weighted by atomic mass is 16.5. The van der Waals surface area contributed by atoms with Crippen LogP contribution in [0, 0.1) is 18.3 Å². The predicted octanol–water partition coefficient (Wildman–Crippen LogP) is 2.79. The van der Waals surface area contributed by atoms with Crippen LogP contribution in [0.15, 0.2) is 49.1 Å². The highest BCUT2D eigenvalue weighted by Gasteiger charge is 2.45. The molecule has 20 heavy (non-hydrogen) atoms. The Kier molecular flexibility index (Phi) is 4.27. The van der Waals surface area contributed by atoms with Gasteiger partial charge in [-0.3, -0.25) is 4.79 Å². The Morgan fingerprint density at radius 2 is 2.15 bits per heavy atom. The molecule has 1 aromatic carbocycles. The van der Waals surface area contributed by atoms with E-state index < -0.39 is 0 Å². The van der Waals surface area contributed by atoms with E-state index in [-0.39, 0.29) is 17.9 Å². The first-order valence-corrected chi connectivity index (χ1v) is 6.42. The van der Waals surface area contributed by atoms with Crippen LogP contribution in [0.4, 0.5) is 5.69 Å². The van der Waals surface area contributed by atoms with Crippen molar-refractivity contribution in [2.24, 2.45) is 5.92 Å². The van der Waals surface area contributed by atoms with Crippen LogP contribution in [0.1, 0.15) is 6.42 Å². The quantitative estimate of drug-likeness (QED) is 0.466. The van der Waals surface area contributed by atoms with Crippen molar-refractivity contribution in [1.29, 1.82) is 0 Å². The number of nitrogens with zero attached hydrogens (tertiary/aromatic N) is 1. The molecule has 1 saturated heterocycles. The fourth-order valence-corrected chi connectivity index (χ4v) is 2.36. The van der Waals surface area contributed by atoms with Gasteiger partial charge in [0.15, 0.2) is 0 Å². The number of carbonyl (C=O) groups is 1. The molecule has 0 aliphatic carbocycles. The minimum Gasteiger partial charge on any atom is -0.497 e. The topological polar surface area (TPSA) is 29.5 Å². The summed E-state index contributed by atoms with van der Waals surface area (Å²) in [4.78, 5) is 14.0. The lowest BCUT2D eigenvalue weighted by Gasteiger charge is -2.45. The maximum Gasteiger partial charge on any atom is 0.234 e. The number of allylic oxidation sites excluding steroid dienone is 2. The number of benzene rings is 1. The number of methoxy groups -OCH3 is 1. The zero-order valence-electron chi connectivity index (χ0n) is 11.5. The van der Waals surface area contributed by atoms with E-state index >= 15 is 0 Å². The zero-order valence-corrected chi connectivity index (χ0v) is 11.5. The Bertz CT molecular complexity index is 566. The summed E-state index contributed by atoms with van der Waals surface area (Å²) in [5.41, 5.74) is 0.850. The van der Waals surface area contributed by atoms with Gasteiger partial charge in [-0.1, -0.05) is 24.8 Å². The molecule has 1 heterocycles. The van der Waals surface area contributed by atoms with Gasteiger partial charge in [-0.05, 0) is 24.3 Å². The minimum absolute atomic E-state index is 0.00931. The lowest BCUT2D eigenvalue weighted by Crippen LogP contribution is -2.60. The van der Waals surface area contributed by atoms with Crippen molar-refractivity contribution in [2.45, 2.75) is 12.5 Å². The summed E-state index contributed by atoms with van der Waals surface area (Å²) in [6, 6.07) is 7.41. The third-order valence-corrected chi connectivity index (χ3v) is 3.40. The normalized spacial score (nSPS) is 21.4. The van der Waals surface area contributed by atoms with Crippen molar-refractivity contribution in [3.8, 4) is 18.1 Å². The Balaban J connectivity index is 2.24. The number of rotatable bonds is 5. The maximum atomic E-state index is 12.2. The van der Waals surface area contributed by atoms with Crippen LogP contribution in [0.5, 0.6) is 5.75 Å². The van der Waals surface area contributed by atoms with E-state index in [0.29, 0.717) is 6.42 Å². The first-order chi connectivity index (χ1) is 9.72. The summed E-state index contributed by atoms with van der Waals surface area (Å²) < 4.78 is 5.12. The zero-order chi connectivity index (χ0) is 14.5. The molecule has 1 amide bonds. The molecule has 0 radical (unpaired) electrons. The molecule has 0 saturated carbocycles. The first kappa shape index (κ1) is 14.0. The van der Waals surface area contributed by atoms with Crippen LogP contribution >= 0.6 is 0 Å². The summed E-state index contributed by atoms with van der Waals surface area (Å²) >= 11 is 0. The maximum absolute atomic E-state index is 12.2. The van der Waals surface area contributed by atoms with Crippen molar-refractivity contribution < 1.29 is 9.53 Å². The Morgan fingerprint density at radius 1 is 1.45 bits per heavy atom. The van der Waals surface area contributed by atoms with Gasteiger partial charge in [0.25, 0.3) is 0 Å². The first-order valence-electron chi connectivity index (χ1n) is 6.42. The van der Waals surface area contributed by atoms with Crippen LogP contribution in [0.3, 0.4) is 0 Å². The van der Waals surface area contributed by atoms with Crippen LogP contribution in [-0.4, -0.2) is 19.1 Å². The molecule has 0 aromatic heterocycles. The molecule has 1 aliphatic heterocycles. The van der Waals surface area contributed by atoms with Crippen molar-refractivity contribution in [1.82, 2.24) is 0 Å². The van der Waals surface area contributed by atoms with Crippen LogP contribution in [0.2, 0.25) is 0 Å². The monoisotopic (exact) mass is 267 g/mol. The van der Waals surface area contributed by atoms with Crippen molar-refractivity contribution in [3.05, 3.63) is 49.1 Å². The van der Waals surface area contributed by atoms with Crippen LogP contribution in [0.25, 0.3) is 0 Å². The van der Waals surface area contributed by atoms with Crippen molar-refractivity contribution in [2.75, 3.05) is 12.0 Å². The van der Waals surface area contributed by atoms with E-state index in [4.69, 9.17) is 11.2 Å². The lowest BCUT2D eigenvalue weighted by molar-refractivity contribution is -0.128. The van der Waals surface area contributed by atoms with Gasteiger partial charge in [-0.25, -0.2) is 0 Å². The van der Waals surface area contributed by atoms with Crippen molar-refractivity contribution in [3.63, 3.8) is 0 Å². The van der Waals surface area contributed by atoms with Gasteiger partial charge in [0, 0.05) is 12.1 Å². The van der Waals surface area contributed by atoms with E-state index in [1.165, 1.54) is 0 Å². The number of β-lactam (4-membered cyclic amide) rings is 1. The van der Waals surface area contributed by atoms with Gasteiger partial charge < -0.3 is 9.64 Å². The molecule has 2 atom stereocenters. The fraction of sp³-hybridized carbons (Fsp3) is 0.235. The summed E-state index contributed by atoms with van der Waals surface area (Å²) in [6.45, 7) is 3.65. The predicted molar refractivity (Wildman–Crippen MR) is 80.5 cm³/mol. The molecule has 3 nitrogen and oxygen atoms in total. The molecule has 2 rings (SSSR count). The molecule has 0 bridgehead atoms. The van der Waals surface area contributed by atoms with Gasteiger partial charge in [-0.2, -0.15) is 0 Å². The third kappa shape index (κ3) is 2.46. The largest absolute Gasteiger partial charge is 0.497 e. The Morgan fingerprint density at radius 3 is 2.70 bits per heavy atom. The molecule has 1 aliphatic rings. The SMILES string of the molecule is C#CC[C@H]1C(=O)N(c2ccc(OC)cc2)[C@H]1/C=C/C=C. The number of anilines is 1. The standard InChI is InChI=1S/C17H17NO2/c1-4-6-8-16-15(7-5-2)17(19)18(16)13-9-11-14(20-3)12-10-13/h2,4,6,8-12,15-16H,1,7H2,3H3/b8-6+/t15-,16+/m1/s1. The Labute approximate surface area is 119 Å².